The number of hydrogen-bond donors (Lipinski definition) is 0. The van der Waals surface area contributed by atoms with Gasteiger partial charge in [0.25, 0.3) is 6.33 Å². The second-order valence-corrected chi connectivity index (χ2v) is 28.2. The molecule has 0 fully saturated rings. The van der Waals surface area contributed by atoms with E-state index in [0.29, 0.717) is 11.5 Å². The van der Waals surface area contributed by atoms with Gasteiger partial charge in [0, 0.05) is 55.1 Å². The summed E-state index contributed by atoms with van der Waals surface area (Å²) >= 11 is 0. The monoisotopic (exact) mass is 1340 g/mol. The molecule has 1 aliphatic heterocycles. The molecule has 0 radical (unpaired) electrons. The van der Waals surface area contributed by atoms with Gasteiger partial charge in [0.15, 0.2) is 0 Å². The Morgan fingerprint density at radius 3 is 1.49 bits per heavy atom. The molecule has 14 aromatic rings. The second-order valence-electron chi connectivity index (χ2n) is 28.2. The largest absolute Gasteiger partial charge is 0.510 e. The van der Waals surface area contributed by atoms with Crippen molar-refractivity contribution in [1.82, 2.24) is 18.7 Å². The van der Waals surface area contributed by atoms with Crippen LogP contribution in [0.2, 0.25) is 0 Å². The molecule has 7 heteroatoms. The average molecular weight is 1340 g/mol. The van der Waals surface area contributed by atoms with Crippen molar-refractivity contribution in [3.63, 3.8) is 0 Å². The summed E-state index contributed by atoms with van der Waals surface area (Å²) < 4.78 is 16.3. The Balaban J connectivity index is 0.00000694. The predicted octanol–water partition coefficient (Wildman–Crippen LogP) is 20.9. The van der Waals surface area contributed by atoms with Crippen molar-refractivity contribution in [3.05, 3.63) is 253 Å². The molecule has 442 valence electrons. The van der Waals surface area contributed by atoms with Crippen LogP contribution in [0.1, 0.15) is 105 Å². The van der Waals surface area contributed by atoms with Crippen LogP contribution in [0.4, 0.5) is 0 Å². The van der Waals surface area contributed by atoms with Gasteiger partial charge in [-0.2, -0.15) is 18.2 Å². The number of ether oxygens (including phenoxy) is 1. The molecule has 0 atom stereocenters. The summed E-state index contributed by atoms with van der Waals surface area (Å²) in [4.78, 5) is 4.96. The molecule has 15 rings (SSSR count). The molecule has 0 aliphatic carbocycles. The van der Waals surface area contributed by atoms with E-state index >= 15 is 0 Å². The zero-order valence-electron chi connectivity index (χ0n) is 52.7. The van der Waals surface area contributed by atoms with Crippen LogP contribution in [0.15, 0.2) is 212 Å². The van der Waals surface area contributed by atoms with Crippen molar-refractivity contribution in [2.75, 3.05) is 0 Å². The maximum Gasteiger partial charge on any atom is 0.268 e. The molecule has 0 spiro atoms. The molecule has 0 saturated carbocycles. The first-order valence-corrected chi connectivity index (χ1v) is 30.9. The van der Waals surface area contributed by atoms with Gasteiger partial charge in [-0.15, -0.1) is 29.7 Å². The van der Waals surface area contributed by atoms with Gasteiger partial charge in [-0.1, -0.05) is 222 Å². The molecule has 6 nitrogen and oxygen atoms in total. The zero-order chi connectivity index (χ0) is 60.8. The normalized spacial score (nSPS) is 12.6. The van der Waals surface area contributed by atoms with Crippen LogP contribution in [0.5, 0.6) is 11.5 Å². The number of imidazole rings is 1. The standard InChI is InChI=1S/C82H71N5O.Pt/c1-79(2,3)53-38-39-83-76(47-53)87-72-35-22-19-32-66(72)67-37-36-59(49-73(67)87)88-58-25-23-24-57(48-58)84-50-85-77-68(42-52(43-74(77)84)51-40-54(80(4,5)6)44-55(41-51)81(7,8)9)62-28-15-13-26-60(62)61-27-14-16-29-63(61)69-45-56(82(10,11)12)46-75(78(69)85)86-70-33-20-17-30-64(70)65-31-18-21-34-71(65)86;/h13-47H,1-12H3;/q-2;. The minimum absolute atomic E-state index is 0. The van der Waals surface area contributed by atoms with Gasteiger partial charge in [0.05, 0.1) is 33.4 Å². The molecule has 0 N–H and O–H groups in total. The fourth-order valence-corrected chi connectivity index (χ4v) is 13.3. The average Bonchev–Trinajstić information content (AvgIpc) is 1.60. The number of para-hydroxylation sites is 3. The number of hydrogen-bond acceptors (Lipinski definition) is 2. The molecule has 89 heavy (non-hydrogen) atoms. The summed E-state index contributed by atoms with van der Waals surface area (Å²) in [5.74, 6) is 1.96. The van der Waals surface area contributed by atoms with Crippen molar-refractivity contribution >= 4 is 54.6 Å². The third-order valence-electron chi connectivity index (χ3n) is 18.1. The summed E-state index contributed by atoms with van der Waals surface area (Å²) in [5, 5.41) is 4.60. The fourth-order valence-electron chi connectivity index (χ4n) is 13.3. The van der Waals surface area contributed by atoms with E-state index < -0.39 is 0 Å². The van der Waals surface area contributed by atoms with E-state index in [1.54, 1.807) is 0 Å². The van der Waals surface area contributed by atoms with Gasteiger partial charge in [0.1, 0.15) is 5.82 Å². The topological polar surface area (TPSA) is 40.8 Å². The van der Waals surface area contributed by atoms with Gasteiger partial charge in [-0.25, -0.2) is 4.98 Å². The summed E-state index contributed by atoms with van der Waals surface area (Å²) in [6, 6.07) is 83.4. The molecule has 0 saturated heterocycles. The van der Waals surface area contributed by atoms with E-state index in [-0.39, 0.29) is 42.7 Å². The molecule has 4 aromatic heterocycles. The van der Waals surface area contributed by atoms with Crippen LogP contribution in [0, 0.1) is 18.5 Å². The van der Waals surface area contributed by atoms with E-state index in [9.17, 15) is 0 Å². The first-order chi connectivity index (χ1) is 42.2. The molecule has 10 aromatic carbocycles. The van der Waals surface area contributed by atoms with E-state index in [0.717, 1.165) is 100 Å². The molecule has 5 heterocycles. The first-order valence-electron chi connectivity index (χ1n) is 30.9. The number of pyridine rings is 1. The van der Waals surface area contributed by atoms with Crippen LogP contribution >= 0.6 is 0 Å². The molecule has 0 bridgehead atoms. The van der Waals surface area contributed by atoms with Crippen LogP contribution in [-0.2, 0) is 42.7 Å². The number of rotatable bonds is 6. The third-order valence-corrected chi connectivity index (χ3v) is 18.1. The minimum atomic E-state index is -0.216. The van der Waals surface area contributed by atoms with Gasteiger partial charge >= 0.3 is 0 Å². The van der Waals surface area contributed by atoms with Gasteiger partial charge < -0.3 is 18.4 Å². The van der Waals surface area contributed by atoms with Crippen molar-refractivity contribution < 1.29 is 30.4 Å². The van der Waals surface area contributed by atoms with Crippen molar-refractivity contribution in [2.45, 2.75) is 105 Å². The third kappa shape index (κ3) is 9.74. The number of fused-ring (bicyclic) bond motifs is 13. The Hall–Kier alpha value is -9.09. The molecule has 0 unspecified atom stereocenters. The summed E-state index contributed by atoms with van der Waals surface area (Å²) in [6.07, 6.45) is 6.07. The van der Waals surface area contributed by atoms with Crippen molar-refractivity contribution in [2.24, 2.45) is 0 Å². The van der Waals surface area contributed by atoms with E-state index in [1.165, 1.54) is 44.2 Å². The SMILES string of the molecule is CC(C)(C)c1cc(-c2cc3c4c(c2)n(-c2[c-]c(Oc5[c-]c6c(cc5)c5ccccc5n6-c5cc(C(C)(C)C)ccn5)ccc2)[c-][n+]4-c2c(cc(C(C)(C)C)cc2-n2c4ccccc4c4ccccc42)-c2ccccc2-c2ccccc2-3)cc(C(C)(C)C)c1.[Pt]. The Morgan fingerprint density at radius 1 is 0.393 bits per heavy atom. The quantitative estimate of drug-likeness (QED) is 0.123. The summed E-state index contributed by atoms with van der Waals surface area (Å²) in [7, 11) is 0. The van der Waals surface area contributed by atoms with E-state index in [4.69, 9.17) is 9.72 Å². The van der Waals surface area contributed by atoms with Crippen molar-refractivity contribution in [3.8, 4) is 78.9 Å². The van der Waals surface area contributed by atoms with Gasteiger partial charge in [-0.05, 0) is 142 Å². The summed E-state index contributed by atoms with van der Waals surface area (Å²) in [5.41, 5.74) is 22.7. The van der Waals surface area contributed by atoms with Crippen molar-refractivity contribution in [1.29, 1.82) is 0 Å². The number of benzene rings is 10. The molecule has 0 amide bonds. The second kappa shape index (κ2) is 21.0. The van der Waals surface area contributed by atoms with Crippen LogP contribution < -0.4 is 9.30 Å². The molecular formula is C82H71N5OPt-2. The Kier molecular flexibility index (Phi) is 13.6. The maximum absolute atomic E-state index is 6.99. The fraction of sp³-hybridized carbons (Fsp3) is 0.195. The predicted molar refractivity (Wildman–Crippen MR) is 364 cm³/mol. The van der Waals surface area contributed by atoms with E-state index in [2.05, 4.69) is 314 Å². The smallest absolute Gasteiger partial charge is 0.268 e. The number of aromatic nitrogens is 5. The van der Waals surface area contributed by atoms with Crippen LogP contribution in [0.25, 0.3) is 122 Å². The Bertz CT molecular complexity index is 5090. The van der Waals surface area contributed by atoms with Crippen LogP contribution in [-0.4, -0.2) is 18.7 Å². The minimum Gasteiger partial charge on any atom is -0.510 e. The Labute approximate surface area is 537 Å². The first kappa shape index (κ1) is 57.6. The molecule has 1 aliphatic rings. The summed E-state index contributed by atoms with van der Waals surface area (Å²) in [6.45, 7) is 27.6. The van der Waals surface area contributed by atoms with Crippen LogP contribution in [0.3, 0.4) is 0 Å². The molecular weight excluding hydrogens is 1270 g/mol. The van der Waals surface area contributed by atoms with E-state index in [1.807, 2.05) is 18.3 Å². The van der Waals surface area contributed by atoms with Gasteiger partial charge in [-0.3, -0.25) is 4.57 Å². The zero-order valence-corrected chi connectivity index (χ0v) is 54.9. The Morgan fingerprint density at radius 2 is 0.899 bits per heavy atom. The van der Waals surface area contributed by atoms with Gasteiger partial charge in [0.2, 0.25) is 0 Å². The number of nitrogens with zero attached hydrogens (tertiary/aromatic N) is 5. The maximum atomic E-state index is 6.99.